The Balaban J connectivity index is 1.88. The van der Waals surface area contributed by atoms with Crippen LogP contribution in [0.3, 0.4) is 0 Å². The van der Waals surface area contributed by atoms with Crippen LogP contribution in [0.1, 0.15) is 53.4 Å². The van der Waals surface area contributed by atoms with Gasteiger partial charge in [-0.25, -0.2) is 4.98 Å². The molecule has 0 N–H and O–H groups in total. The number of rotatable bonds is 6. The molecule has 0 bridgehead atoms. The Hall–Kier alpha value is -2.55. The average molecular weight is 389 g/mol. The zero-order valence-electron chi connectivity index (χ0n) is 16.1. The average Bonchev–Trinajstić information content (AvgIpc) is 3.16. The monoisotopic (exact) mass is 389 g/mol. The van der Waals surface area contributed by atoms with Crippen molar-refractivity contribution in [1.82, 2.24) is 24.4 Å². The first-order chi connectivity index (χ1) is 12.8. The zero-order chi connectivity index (χ0) is 19.7. The molecular weight excluding hydrogens is 366 g/mol. The highest BCUT2D eigenvalue weighted by Gasteiger charge is 2.22. The van der Waals surface area contributed by atoms with Gasteiger partial charge in [0.25, 0.3) is 11.5 Å². The Kier molecular flexibility index (Phi) is 5.41. The molecule has 1 amide bonds. The van der Waals surface area contributed by atoms with E-state index in [0.717, 1.165) is 10.6 Å². The minimum absolute atomic E-state index is 0.0427. The van der Waals surface area contributed by atoms with E-state index in [0.29, 0.717) is 35.6 Å². The van der Waals surface area contributed by atoms with Crippen molar-refractivity contribution in [2.45, 2.75) is 47.6 Å². The second-order valence-corrected chi connectivity index (χ2v) is 8.04. The Labute approximate surface area is 160 Å². The van der Waals surface area contributed by atoms with Crippen LogP contribution >= 0.6 is 11.3 Å². The summed E-state index contributed by atoms with van der Waals surface area (Å²) in [7, 11) is 0. The molecule has 3 aromatic rings. The van der Waals surface area contributed by atoms with E-state index in [1.54, 1.807) is 0 Å². The molecule has 0 radical (unpaired) electrons. The lowest BCUT2D eigenvalue weighted by atomic mass is 10.1. The van der Waals surface area contributed by atoms with Crippen molar-refractivity contribution >= 4 is 22.2 Å². The van der Waals surface area contributed by atoms with Gasteiger partial charge in [0.2, 0.25) is 5.89 Å². The number of aromatic nitrogens is 4. The molecule has 0 aromatic carbocycles. The van der Waals surface area contributed by atoms with E-state index in [-0.39, 0.29) is 23.6 Å². The van der Waals surface area contributed by atoms with Crippen LogP contribution in [-0.4, -0.2) is 36.9 Å². The van der Waals surface area contributed by atoms with Gasteiger partial charge < -0.3 is 9.42 Å². The van der Waals surface area contributed by atoms with Crippen molar-refractivity contribution in [3.05, 3.63) is 44.4 Å². The minimum Gasteiger partial charge on any atom is -0.339 e. The molecule has 0 aliphatic rings. The normalized spacial score (nSPS) is 11.5. The van der Waals surface area contributed by atoms with Gasteiger partial charge in [0.15, 0.2) is 10.8 Å². The highest BCUT2D eigenvalue weighted by Crippen LogP contribution is 2.18. The van der Waals surface area contributed by atoms with Crippen LogP contribution in [-0.2, 0) is 13.0 Å². The summed E-state index contributed by atoms with van der Waals surface area (Å²) in [6.07, 6.45) is 2.05. The van der Waals surface area contributed by atoms with E-state index in [9.17, 15) is 9.59 Å². The van der Waals surface area contributed by atoms with Gasteiger partial charge in [-0.3, -0.25) is 14.0 Å². The lowest BCUT2D eigenvalue weighted by Gasteiger charge is -2.18. The summed E-state index contributed by atoms with van der Waals surface area (Å²) in [4.78, 5) is 37.5. The number of amides is 1. The Morgan fingerprint density at radius 2 is 2.11 bits per heavy atom. The smallest absolute Gasteiger partial charge is 0.271 e. The number of carbonyl (C=O) groups excluding carboxylic acids is 1. The fourth-order valence-electron chi connectivity index (χ4n) is 2.78. The highest BCUT2D eigenvalue weighted by atomic mass is 32.1. The number of thiazole rings is 1. The van der Waals surface area contributed by atoms with Gasteiger partial charge in [-0.1, -0.05) is 19.0 Å². The van der Waals surface area contributed by atoms with E-state index in [4.69, 9.17) is 4.52 Å². The predicted octanol–water partition coefficient (Wildman–Crippen LogP) is 2.62. The first-order valence-electron chi connectivity index (χ1n) is 8.90. The number of nitrogens with zero attached hydrogens (tertiary/aromatic N) is 5. The second-order valence-electron chi connectivity index (χ2n) is 6.86. The molecule has 3 heterocycles. The molecule has 0 saturated heterocycles. The van der Waals surface area contributed by atoms with Gasteiger partial charge in [-0.15, -0.1) is 11.3 Å². The predicted molar refractivity (Wildman–Crippen MR) is 102 cm³/mol. The third kappa shape index (κ3) is 3.78. The van der Waals surface area contributed by atoms with Gasteiger partial charge in [-0.05, 0) is 26.7 Å². The maximum Gasteiger partial charge on any atom is 0.271 e. The summed E-state index contributed by atoms with van der Waals surface area (Å²) in [5, 5.41) is 3.95. The molecule has 3 aromatic heterocycles. The minimum atomic E-state index is -0.386. The molecular formula is C18H23N5O3S. The number of carbonyl (C=O) groups is 1. The molecule has 9 heteroatoms. The summed E-state index contributed by atoms with van der Waals surface area (Å²) < 4.78 is 6.73. The molecule has 144 valence electrons. The van der Waals surface area contributed by atoms with E-state index in [1.807, 2.05) is 20.8 Å². The van der Waals surface area contributed by atoms with Crippen molar-refractivity contribution in [2.24, 2.45) is 5.92 Å². The van der Waals surface area contributed by atoms with Crippen molar-refractivity contribution in [2.75, 3.05) is 6.54 Å². The first-order valence-corrected chi connectivity index (χ1v) is 9.72. The summed E-state index contributed by atoms with van der Waals surface area (Å²) in [5.74, 6) is 0.994. The number of aryl methyl sites for hydroxylation is 2. The van der Waals surface area contributed by atoms with Crippen molar-refractivity contribution in [3.63, 3.8) is 0 Å². The standard InChI is InChI=1S/C18H23N5O3S/c1-6-22(9-14-20-15(26-21-14)7-10(2)3)16(24)13-8-19-18-23(17(13)25)11(4)12(5)27-18/h8,10H,6-7,9H2,1-5H3. The van der Waals surface area contributed by atoms with Gasteiger partial charge in [0.1, 0.15) is 5.56 Å². The molecule has 0 fully saturated rings. The zero-order valence-corrected chi connectivity index (χ0v) is 17.0. The van der Waals surface area contributed by atoms with Crippen LogP contribution < -0.4 is 5.56 Å². The van der Waals surface area contributed by atoms with Crippen LogP contribution in [0.2, 0.25) is 0 Å². The maximum absolute atomic E-state index is 12.9. The molecule has 3 rings (SSSR count). The fraction of sp³-hybridized carbons (Fsp3) is 0.500. The molecule has 8 nitrogen and oxygen atoms in total. The van der Waals surface area contributed by atoms with Gasteiger partial charge in [-0.2, -0.15) is 4.98 Å². The molecule has 0 spiro atoms. The van der Waals surface area contributed by atoms with Crippen LogP contribution in [0.15, 0.2) is 15.5 Å². The van der Waals surface area contributed by atoms with E-state index >= 15 is 0 Å². The summed E-state index contributed by atoms with van der Waals surface area (Å²) in [5.41, 5.74) is 0.502. The molecule has 0 aliphatic carbocycles. The summed E-state index contributed by atoms with van der Waals surface area (Å²) in [6, 6.07) is 0. The lowest BCUT2D eigenvalue weighted by Crippen LogP contribution is -2.35. The maximum atomic E-state index is 12.9. The fourth-order valence-corrected chi connectivity index (χ4v) is 3.71. The van der Waals surface area contributed by atoms with Crippen LogP contribution in [0.25, 0.3) is 4.96 Å². The highest BCUT2D eigenvalue weighted by molar-refractivity contribution is 7.17. The first kappa shape index (κ1) is 19.2. The van der Waals surface area contributed by atoms with Crippen LogP contribution in [0, 0.1) is 19.8 Å². The quantitative estimate of drug-likeness (QED) is 0.643. The van der Waals surface area contributed by atoms with Gasteiger partial charge in [0, 0.05) is 29.7 Å². The lowest BCUT2D eigenvalue weighted by molar-refractivity contribution is 0.0745. The molecule has 0 atom stereocenters. The van der Waals surface area contributed by atoms with E-state index in [2.05, 4.69) is 29.0 Å². The van der Waals surface area contributed by atoms with Crippen LogP contribution in [0.4, 0.5) is 0 Å². The van der Waals surface area contributed by atoms with E-state index < -0.39 is 0 Å². The summed E-state index contributed by atoms with van der Waals surface area (Å²) in [6.45, 7) is 10.4. The third-order valence-corrected chi connectivity index (χ3v) is 5.41. The van der Waals surface area contributed by atoms with E-state index in [1.165, 1.54) is 26.8 Å². The topological polar surface area (TPSA) is 93.6 Å². The second kappa shape index (κ2) is 7.59. The molecule has 0 aliphatic heterocycles. The molecule has 0 saturated carbocycles. The number of fused-ring (bicyclic) bond motifs is 1. The number of hydrogen-bond donors (Lipinski definition) is 0. The van der Waals surface area contributed by atoms with Crippen molar-refractivity contribution in [1.29, 1.82) is 0 Å². The Bertz CT molecular complexity index is 1030. The van der Waals surface area contributed by atoms with Gasteiger partial charge >= 0.3 is 0 Å². The van der Waals surface area contributed by atoms with Crippen LogP contribution in [0.5, 0.6) is 0 Å². The van der Waals surface area contributed by atoms with Crippen molar-refractivity contribution in [3.8, 4) is 0 Å². The molecule has 0 unspecified atom stereocenters. The Morgan fingerprint density at radius 1 is 1.37 bits per heavy atom. The van der Waals surface area contributed by atoms with Crippen molar-refractivity contribution < 1.29 is 9.32 Å². The third-order valence-electron chi connectivity index (χ3n) is 4.34. The van der Waals surface area contributed by atoms with Gasteiger partial charge in [0.05, 0.1) is 6.54 Å². The molecule has 27 heavy (non-hydrogen) atoms. The SMILES string of the molecule is CCN(Cc1noc(CC(C)C)n1)C(=O)c1cnc2sc(C)c(C)n2c1=O. The largest absolute Gasteiger partial charge is 0.339 e. The number of hydrogen-bond acceptors (Lipinski definition) is 7. The summed E-state index contributed by atoms with van der Waals surface area (Å²) >= 11 is 1.43. The Morgan fingerprint density at radius 3 is 2.78 bits per heavy atom.